The topological polar surface area (TPSA) is 17.8 Å². The highest BCUT2D eigenvalue weighted by atomic mass is 32.1. The minimum Gasteiger partial charge on any atom is -0.326 e. The number of nitrogens with zero attached hydrogens (tertiary/aromatic N) is 2. The highest BCUT2D eigenvalue weighted by Crippen LogP contribution is 2.29. The van der Waals surface area contributed by atoms with E-state index in [2.05, 4.69) is 4.98 Å². The molecule has 0 aliphatic rings. The van der Waals surface area contributed by atoms with E-state index in [1.54, 1.807) is 17.5 Å². The van der Waals surface area contributed by atoms with Gasteiger partial charge in [-0.2, -0.15) is 13.2 Å². The first-order valence-electron chi connectivity index (χ1n) is 6.25. The Hall–Kier alpha value is -2.08. The lowest BCUT2D eigenvalue weighted by molar-refractivity contribution is -0.137. The molecule has 0 spiro atoms. The lowest BCUT2D eigenvalue weighted by Gasteiger charge is -2.09. The fraction of sp³-hybridized carbons (Fsp3) is 0.133. The number of aromatic nitrogens is 2. The molecule has 0 fully saturated rings. The molecule has 21 heavy (non-hydrogen) atoms. The monoisotopic (exact) mass is 308 g/mol. The Morgan fingerprint density at radius 2 is 1.86 bits per heavy atom. The fourth-order valence-corrected chi connectivity index (χ4v) is 2.80. The minimum atomic E-state index is -4.30. The number of imidazole rings is 1. The third-order valence-corrected chi connectivity index (χ3v) is 3.96. The highest BCUT2D eigenvalue weighted by molar-refractivity contribution is 7.13. The summed E-state index contributed by atoms with van der Waals surface area (Å²) in [5.74, 6) is 0.824. The molecule has 0 aliphatic carbocycles. The summed E-state index contributed by atoms with van der Waals surface area (Å²) in [6.45, 7) is 0.491. The zero-order valence-corrected chi connectivity index (χ0v) is 11.7. The van der Waals surface area contributed by atoms with E-state index >= 15 is 0 Å². The van der Waals surface area contributed by atoms with Crippen LogP contribution in [0.5, 0.6) is 0 Å². The molecule has 0 atom stereocenters. The second-order valence-corrected chi connectivity index (χ2v) is 5.50. The van der Waals surface area contributed by atoms with Gasteiger partial charge in [-0.3, -0.25) is 0 Å². The van der Waals surface area contributed by atoms with Gasteiger partial charge in [-0.1, -0.05) is 18.2 Å². The third-order valence-electron chi connectivity index (χ3n) is 3.09. The van der Waals surface area contributed by atoms with Gasteiger partial charge in [0.15, 0.2) is 0 Å². The number of rotatable bonds is 3. The largest absolute Gasteiger partial charge is 0.416 e. The lowest BCUT2D eigenvalue weighted by Crippen LogP contribution is -2.05. The molecule has 2 nitrogen and oxygen atoms in total. The first-order valence-corrected chi connectivity index (χ1v) is 7.13. The fourth-order valence-electron chi connectivity index (χ4n) is 2.06. The Balaban J connectivity index is 1.83. The Morgan fingerprint density at radius 1 is 1.10 bits per heavy atom. The predicted octanol–water partition coefficient (Wildman–Crippen LogP) is 4.68. The summed E-state index contributed by atoms with van der Waals surface area (Å²) in [6, 6.07) is 9.13. The normalized spacial score (nSPS) is 11.8. The SMILES string of the molecule is FC(F)(F)c1ccc(Cn2ccnc2-c2cccs2)cc1. The molecule has 108 valence electrons. The van der Waals surface area contributed by atoms with Crippen LogP contribution in [-0.2, 0) is 12.7 Å². The summed E-state index contributed by atoms with van der Waals surface area (Å²) < 4.78 is 39.5. The molecule has 0 aliphatic heterocycles. The number of hydrogen-bond donors (Lipinski definition) is 0. The minimum absolute atomic E-state index is 0.491. The van der Waals surface area contributed by atoms with Gasteiger partial charge in [0.1, 0.15) is 5.82 Å². The van der Waals surface area contributed by atoms with Crippen LogP contribution in [0.25, 0.3) is 10.7 Å². The Labute approximate surface area is 123 Å². The molecule has 0 amide bonds. The first kappa shape index (κ1) is 13.9. The summed E-state index contributed by atoms with van der Waals surface area (Å²) >= 11 is 1.58. The van der Waals surface area contributed by atoms with Crippen molar-refractivity contribution in [1.82, 2.24) is 9.55 Å². The molecule has 6 heteroatoms. The van der Waals surface area contributed by atoms with Gasteiger partial charge in [-0.25, -0.2) is 4.98 Å². The van der Waals surface area contributed by atoms with E-state index < -0.39 is 11.7 Å². The summed E-state index contributed by atoms with van der Waals surface area (Å²) in [5, 5.41) is 1.96. The molecule has 0 unspecified atom stereocenters. The van der Waals surface area contributed by atoms with E-state index in [-0.39, 0.29) is 0 Å². The smallest absolute Gasteiger partial charge is 0.326 e. The van der Waals surface area contributed by atoms with Crippen molar-refractivity contribution in [2.24, 2.45) is 0 Å². The van der Waals surface area contributed by atoms with Crippen LogP contribution in [0, 0.1) is 0 Å². The van der Waals surface area contributed by atoms with Gasteiger partial charge in [-0.15, -0.1) is 11.3 Å². The number of hydrogen-bond acceptors (Lipinski definition) is 2. The molecule has 0 N–H and O–H groups in total. The Bertz CT molecular complexity index is 712. The van der Waals surface area contributed by atoms with E-state index in [9.17, 15) is 13.2 Å². The van der Waals surface area contributed by atoms with E-state index in [1.165, 1.54) is 12.1 Å². The summed E-state index contributed by atoms with van der Waals surface area (Å²) in [7, 11) is 0. The van der Waals surface area contributed by atoms with Gasteiger partial charge in [-0.05, 0) is 29.1 Å². The van der Waals surface area contributed by atoms with E-state index in [0.717, 1.165) is 28.4 Å². The maximum atomic E-state index is 12.5. The van der Waals surface area contributed by atoms with Crippen LogP contribution in [0.1, 0.15) is 11.1 Å². The highest BCUT2D eigenvalue weighted by Gasteiger charge is 2.29. The average Bonchev–Trinajstić information content (AvgIpc) is 3.08. The number of halogens is 3. The van der Waals surface area contributed by atoms with Crippen molar-refractivity contribution in [3.05, 3.63) is 65.3 Å². The molecule has 0 saturated heterocycles. The van der Waals surface area contributed by atoms with Gasteiger partial charge in [0.05, 0.1) is 10.4 Å². The van der Waals surface area contributed by atoms with Gasteiger partial charge < -0.3 is 4.57 Å². The average molecular weight is 308 g/mol. The number of benzene rings is 1. The van der Waals surface area contributed by atoms with Gasteiger partial charge >= 0.3 is 6.18 Å². The molecule has 2 heterocycles. The van der Waals surface area contributed by atoms with Crippen LogP contribution in [0.2, 0.25) is 0 Å². The van der Waals surface area contributed by atoms with Gasteiger partial charge in [0, 0.05) is 18.9 Å². The second-order valence-electron chi connectivity index (χ2n) is 4.55. The quantitative estimate of drug-likeness (QED) is 0.687. The van der Waals surface area contributed by atoms with Crippen molar-refractivity contribution in [2.45, 2.75) is 12.7 Å². The third kappa shape index (κ3) is 3.00. The molecule has 0 bridgehead atoms. The summed E-state index contributed by atoms with van der Waals surface area (Å²) in [5.41, 5.74) is 0.175. The van der Waals surface area contributed by atoms with E-state index in [1.807, 2.05) is 28.3 Å². The molecule has 3 aromatic rings. The van der Waals surface area contributed by atoms with Crippen LogP contribution in [0.3, 0.4) is 0 Å². The second kappa shape index (κ2) is 5.37. The van der Waals surface area contributed by atoms with Gasteiger partial charge in [0.25, 0.3) is 0 Å². The zero-order valence-electron chi connectivity index (χ0n) is 10.8. The van der Waals surface area contributed by atoms with Crippen molar-refractivity contribution in [3.8, 4) is 10.7 Å². The van der Waals surface area contributed by atoms with Gasteiger partial charge in [0.2, 0.25) is 0 Å². The standard InChI is InChI=1S/C15H11F3N2S/c16-15(17,18)12-5-3-11(4-6-12)10-20-8-7-19-14(20)13-2-1-9-21-13/h1-9H,10H2. The molecular weight excluding hydrogens is 297 g/mol. The van der Waals surface area contributed by atoms with Crippen molar-refractivity contribution in [2.75, 3.05) is 0 Å². The van der Waals surface area contributed by atoms with Crippen LogP contribution in [0.4, 0.5) is 13.2 Å². The van der Waals surface area contributed by atoms with Crippen LogP contribution in [-0.4, -0.2) is 9.55 Å². The van der Waals surface area contributed by atoms with Crippen molar-refractivity contribution >= 4 is 11.3 Å². The number of thiophene rings is 1. The molecule has 0 saturated carbocycles. The van der Waals surface area contributed by atoms with Crippen molar-refractivity contribution in [1.29, 1.82) is 0 Å². The van der Waals surface area contributed by atoms with E-state index in [0.29, 0.717) is 6.54 Å². The molecule has 1 aromatic carbocycles. The molecule has 2 aromatic heterocycles. The van der Waals surface area contributed by atoms with E-state index in [4.69, 9.17) is 0 Å². The maximum Gasteiger partial charge on any atom is 0.416 e. The lowest BCUT2D eigenvalue weighted by atomic mass is 10.1. The van der Waals surface area contributed by atoms with Crippen molar-refractivity contribution < 1.29 is 13.2 Å². The zero-order chi connectivity index (χ0) is 14.9. The van der Waals surface area contributed by atoms with Crippen LogP contribution >= 0.6 is 11.3 Å². The molecule has 3 rings (SSSR count). The Morgan fingerprint density at radius 3 is 2.48 bits per heavy atom. The van der Waals surface area contributed by atoms with Crippen LogP contribution < -0.4 is 0 Å². The summed E-state index contributed by atoms with van der Waals surface area (Å²) in [4.78, 5) is 5.34. The first-order chi connectivity index (χ1) is 10.0. The molecule has 0 radical (unpaired) electrons. The maximum absolute atomic E-state index is 12.5. The van der Waals surface area contributed by atoms with Crippen molar-refractivity contribution in [3.63, 3.8) is 0 Å². The van der Waals surface area contributed by atoms with Crippen LogP contribution in [0.15, 0.2) is 54.2 Å². The summed E-state index contributed by atoms with van der Waals surface area (Å²) in [6.07, 6.45) is -0.776. The molecular formula is C15H11F3N2S. The Kier molecular flexibility index (Phi) is 3.55. The predicted molar refractivity (Wildman–Crippen MR) is 76.1 cm³/mol. The number of alkyl halides is 3.